The van der Waals surface area contributed by atoms with Crippen LogP contribution in [0, 0.1) is 0 Å². The van der Waals surface area contributed by atoms with Crippen molar-refractivity contribution in [1.82, 2.24) is 4.31 Å². The van der Waals surface area contributed by atoms with Gasteiger partial charge in [-0.2, -0.15) is 4.31 Å². The van der Waals surface area contributed by atoms with Crippen molar-refractivity contribution in [2.75, 3.05) is 12.3 Å². The molecule has 6 heteroatoms. The molecule has 1 aliphatic rings. The molecule has 1 atom stereocenters. The normalized spacial score (nSPS) is 23.2. The summed E-state index contributed by atoms with van der Waals surface area (Å²) in [5.74, 6) is -0.192. The minimum absolute atomic E-state index is 0.0563. The average Bonchev–Trinajstić information content (AvgIpc) is 2.17. The molecule has 0 aromatic carbocycles. The first-order chi connectivity index (χ1) is 7.47. The molecule has 1 aliphatic heterocycles. The van der Waals surface area contributed by atoms with Crippen LogP contribution in [0.5, 0.6) is 0 Å². The molecular weight excluding hydrogens is 244 g/mol. The fourth-order valence-electron chi connectivity index (χ4n) is 2.22. The summed E-state index contributed by atoms with van der Waals surface area (Å²) in [6.45, 7) is 2.70. The van der Waals surface area contributed by atoms with Gasteiger partial charge >= 0.3 is 0 Å². The molecule has 94 valence electrons. The maximum atomic E-state index is 12.0. The van der Waals surface area contributed by atoms with Crippen LogP contribution in [0.4, 0.5) is 0 Å². The van der Waals surface area contributed by atoms with Crippen molar-refractivity contribution in [1.29, 1.82) is 0 Å². The minimum Gasteiger partial charge on any atom is -0.392 e. The minimum atomic E-state index is -3.29. The molecule has 0 radical (unpaired) electrons. The number of rotatable bonds is 5. The van der Waals surface area contributed by atoms with Crippen LogP contribution in [-0.4, -0.2) is 36.1 Å². The van der Waals surface area contributed by atoms with Gasteiger partial charge in [-0.3, -0.25) is 0 Å². The van der Waals surface area contributed by atoms with Crippen LogP contribution in [0.15, 0.2) is 0 Å². The Morgan fingerprint density at radius 3 is 2.75 bits per heavy atom. The Balaban J connectivity index is 2.77. The van der Waals surface area contributed by atoms with Gasteiger partial charge < -0.3 is 5.73 Å². The average molecular weight is 264 g/mol. The lowest BCUT2D eigenvalue weighted by Crippen LogP contribution is -2.46. The number of hydrogen-bond acceptors (Lipinski definition) is 3. The first kappa shape index (κ1) is 13.9. The van der Waals surface area contributed by atoms with E-state index in [1.165, 1.54) is 0 Å². The first-order valence-electron chi connectivity index (χ1n) is 5.75. The highest BCUT2D eigenvalue weighted by Crippen LogP contribution is 2.23. The molecular formula is C10H20N2O2S2. The van der Waals surface area contributed by atoms with Gasteiger partial charge in [0.15, 0.2) is 0 Å². The predicted octanol–water partition coefficient (Wildman–Crippen LogP) is 1.26. The van der Waals surface area contributed by atoms with Crippen LogP contribution in [-0.2, 0) is 10.0 Å². The maximum Gasteiger partial charge on any atom is 0.220 e. The quantitative estimate of drug-likeness (QED) is 0.759. The summed E-state index contributed by atoms with van der Waals surface area (Å²) in [6, 6.07) is 0.151. The predicted molar refractivity (Wildman–Crippen MR) is 69.8 cm³/mol. The molecule has 0 saturated carbocycles. The molecule has 0 bridgehead atoms. The second kappa shape index (κ2) is 5.93. The van der Waals surface area contributed by atoms with Crippen LogP contribution < -0.4 is 5.73 Å². The van der Waals surface area contributed by atoms with Gasteiger partial charge in [-0.15, -0.1) is 0 Å². The lowest BCUT2D eigenvalue weighted by molar-refractivity contribution is 0.240. The van der Waals surface area contributed by atoms with E-state index < -0.39 is 10.0 Å². The highest BCUT2D eigenvalue weighted by molar-refractivity contribution is 7.92. The molecule has 0 aromatic heterocycles. The summed E-state index contributed by atoms with van der Waals surface area (Å²) in [4.78, 5) is 0.0563. The Hall–Kier alpha value is -0.200. The smallest absolute Gasteiger partial charge is 0.220 e. The second-order valence-corrected chi connectivity index (χ2v) is 6.72. The van der Waals surface area contributed by atoms with Gasteiger partial charge in [-0.05, 0) is 19.3 Å². The number of hydrogen-bond donors (Lipinski definition) is 1. The van der Waals surface area contributed by atoms with Crippen LogP contribution in [0.1, 0.15) is 39.0 Å². The first-order valence-corrected chi connectivity index (χ1v) is 7.77. The van der Waals surface area contributed by atoms with Gasteiger partial charge in [-0.25, -0.2) is 8.42 Å². The molecule has 4 nitrogen and oxygen atoms in total. The summed E-state index contributed by atoms with van der Waals surface area (Å²) in [7, 11) is -3.29. The molecule has 2 N–H and O–H groups in total. The third-order valence-corrected chi connectivity index (χ3v) is 5.08. The van der Waals surface area contributed by atoms with Gasteiger partial charge in [0.1, 0.15) is 5.75 Å². The lowest BCUT2D eigenvalue weighted by atomic mass is 10.0. The number of sulfonamides is 1. The Morgan fingerprint density at radius 2 is 2.19 bits per heavy atom. The van der Waals surface area contributed by atoms with E-state index in [2.05, 4.69) is 19.1 Å². The summed E-state index contributed by atoms with van der Waals surface area (Å²) in [5.41, 5.74) is 5.33. The fourth-order valence-corrected chi connectivity index (χ4v) is 4.27. The number of thiocarbonyl (C=S) groups is 1. The van der Waals surface area contributed by atoms with Crippen molar-refractivity contribution in [3.63, 3.8) is 0 Å². The van der Waals surface area contributed by atoms with E-state index in [1.54, 1.807) is 4.31 Å². The van der Waals surface area contributed by atoms with Crippen molar-refractivity contribution in [3.8, 4) is 0 Å². The molecule has 0 amide bonds. The molecule has 16 heavy (non-hydrogen) atoms. The molecule has 1 fully saturated rings. The molecule has 0 aromatic rings. The van der Waals surface area contributed by atoms with E-state index >= 15 is 0 Å². The van der Waals surface area contributed by atoms with Crippen molar-refractivity contribution in [3.05, 3.63) is 0 Å². The van der Waals surface area contributed by atoms with Crippen molar-refractivity contribution < 1.29 is 8.42 Å². The highest BCUT2D eigenvalue weighted by Gasteiger charge is 2.31. The zero-order valence-corrected chi connectivity index (χ0v) is 11.3. The molecule has 0 aliphatic carbocycles. The van der Waals surface area contributed by atoms with Crippen molar-refractivity contribution >= 4 is 27.2 Å². The maximum absolute atomic E-state index is 12.0. The molecule has 1 rings (SSSR count). The van der Waals surface area contributed by atoms with E-state index in [-0.39, 0.29) is 16.8 Å². The highest BCUT2D eigenvalue weighted by atomic mass is 32.2. The van der Waals surface area contributed by atoms with Crippen LogP contribution in [0.25, 0.3) is 0 Å². The Bertz CT molecular complexity index is 339. The van der Waals surface area contributed by atoms with Gasteiger partial charge in [0.25, 0.3) is 0 Å². The zero-order chi connectivity index (χ0) is 12.2. The molecule has 0 spiro atoms. The van der Waals surface area contributed by atoms with Gasteiger partial charge in [0.2, 0.25) is 10.0 Å². The van der Waals surface area contributed by atoms with Crippen LogP contribution in [0.2, 0.25) is 0 Å². The van der Waals surface area contributed by atoms with E-state index in [1.807, 2.05) is 0 Å². The second-order valence-electron chi connectivity index (χ2n) is 4.27. The number of piperidine rings is 1. The van der Waals surface area contributed by atoms with Gasteiger partial charge in [-0.1, -0.05) is 32.0 Å². The largest absolute Gasteiger partial charge is 0.392 e. The lowest BCUT2D eigenvalue weighted by Gasteiger charge is -2.34. The van der Waals surface area contributed by atoms with Crippen LogP contribution >= 0.6 is 12.2 Å². The van der Waals surface area contributed by atoms with E-state index in [9.17, 15) is 8.42 Å². The van der Waals surface area contributed by atoms with Gasteiger partial charge in [0.05, 0.1) is 4.99 Å². The molecule has 1 saturated heterocycles. The Morgan fingerprint density at radius 1 is 1.50 bits per heavy atom. The SMILES string of the molecule is CCCC1CCCCN1S(=O)(=O)CC(N)=S. The van der Waals surface area contributed by atoms with E-state index in [0.29, 0.717) is 6.54 Å². The third-order valence-electron chi connectivity index (χ3n) is 2.88. The summed E-state index contributed by atoms with van der Waals surface area (Å²) >= 11 is 4.69. The topological polar surface area (TPSA) is 63.4 Å². The van der Waals surface area contributed by atoms with Crippen molar-refractivity contribution in [2.45, 2.75) is 45.1 Å². The molecule has 1 unspecified atom stereocenters. The number of nitrogens with two attached hydrogens (primary N) is 1. The Kier molecular flexibility index (Phi) is 5.14. The third kappa shape index (κ3) is 3.68. The van der Waals surface area contributed by atoms with E-state index in [4.69, 9.17) is 5.73 Å². The van der Waals surface area contributed by atoms with Gasteiger partial charge in [0, 0.05) is 12.6 Å². The van der Waals surface area contributed by atoms with E-state index in [0.717, 1.165) is 32.1 Å². The molecule has 1 heterocycles. The summed E-state index contributed by atoms with van der Waals surface area (Å²) in [6.07, 6.45) is 4.95. The van der Waals surface area contributed by atoms with Crippen LogP contribution in [0.3, 0.4) is 0 Å². The monoisotopic (exact) mass is 264 g/mol. The standard InChI is InChI=1S/C10H20N2O2S2/c1-2-5-9-6-3-4-7-12(9)16(13,14)8-10(11)15/h9H,2-8H2,1H3,(H2,11,15). The summed E-state index contributed by atoms with van der Waals surface area (Å²) in [5, 5.41) is 0. The Labute approximate surface area is 103 Å². The van der Waals surface area contributed by atoms with Crippen molar-refractivity contribution in [2.24, 2.45) is 5.73 Å². The summed E-state index contributed by atoms with van der Waals surface area (Å²) < 4.78 is 25.7. The number of nitrogens with zero attached hydrogens (tertiary/aromatic N) is 1. The fraction of sp³-hybridized carbons (Fsp3) is 0.900. The zero-order valence-electron chi connectivity index (χ0n) is 9.68.